The lowest BCUT2D eigenvalue weighted by Crippen LogP contribution is -2.50. The molecule has 1 aromatic rings. The van der Waals surface area contributed by atoms with Gasteiger partial charge >= 0.3 is 0 Å². The minimum absolute atomic E-state index is 0. The van der Waals surface area contributed by atoms with Crippen LogP contribution in [-0.2, 0) is 5.41 Å². The molecule has 1 saturated heterocycles. The zero-order valence-electron chi connectivity index (χ0n) is 20.6. The van der Waals surface area contributed by atoms with Gasteiger partial charge in [-0.05, 0) is 50.3 Å². The highest BCUT2D eigenvalue weighted by Crippen LogP contribution is 2.33. The summed E-state index contributed by atoms with van der Waals surface area (Å²) >= 11 is 0. The van der Waals surface area contributed by atoms with Gasteiger partial charge in [-0.3, -0.25) is 4.99 Å². The van der Waals surface area contributed by atoms with Crippen LogP contribution in [-0.4, -0.2) is 63.3 Å². The highest BCUT2D eigenvalue weighted by atomic mass is 127. The van der Waals surface area contributed by atoms with Gasteiger partial charge in [0.1, 0.15) is 0 Å². The second-order valence-electron chi connectivity index (χ2n) is 9.54. The number of aliphatic imine (C=N–C) groups is 1. The molecular formula is C25H43IN4O2. The van der Waals surface area contributed by atoms with E-state index < -0.39 is 0 Å². The van der Waals surface area contributed by atoms with Crippen molar-refractivity contribution in [2.75, 3.05) is 40.4 Å². The van der Waals surface area contributed by atoms with Crippen LogP contribution in [0, 0.1) is 0 Å². The molecule has 7 heteroatoms. The van der Waals surface area contributed by atoms with Crippen LogP contribution in [0.15, 0.2) is 23.2 Å². The van der Waals surface area contributed by atoms with Crippen molar-refractivity contribution in [3.63, 3.8) is 0 Å². The van der Waals surface area contributed by atoms with Crippen LogP contribution in [0.5, 0.6) is 11.5 Å². The third kappa shape index (κ3) is 7.14. The molecular weight excluding hydrogens is 515 g/mol. The van der Waals surface area contributed by atoms with Crippen molar-refractivity contribution < 1.29 is 9.47 Å². The zero-order valence-corrected chi connectivity index (χ0v) is 22.9. The van der Waals surface area contributed by atoms with Gasteiger partial charge in [0.25, 0.3) is 0 Å². The number of piperidine rings is 1. The second kappa shape index (κ2) is 12.9. The summed E-state index contributed by atoms with van der Waals surface area (Å²) in [4.78, 5) is 7.68. The molecule has 2 fully saturated rings. The third-order valence-corrected chi connectivity index (χ3v) is 6.85. The Morgan fingerprint density at radius 3 is 2.31 bits per heavy atom. The molecule has 2 N–H and O–H groups in total. The van der Waals surface area contributed by atoms with Crippen molar-refractivity contribution in [1.29, 1.82) is 0 Å². The smallest absolute Gasteiger partial charge is 0.191 e. The van der Waals surface area contributed by atoms with Gasteiger partial charge in [0.05, 0.1) is 20.8 Å². The summed E-state index contributed by atoms with van der Waals surface area (Å²) in [5.41, 5.74) is 1.07. The van der Waals surface area contributed by atoms with Crippen LogP contribution in [0.2, 0.25) is 0 Å². The third-order valence-electron chi connectivity index (χ3n) is 6.85. The van der Waals surface area contributed by atoms with Gasteiger partial charge in [-0.1, -0.05) is 32.8 Å². The summed E-state index contributed by atoms with van der Waals surface area (Å²) in [5, 5.41) is 7.14. The van der Waals surface area contributed by atoms with Crippen LogP contribution in [0.25, 0.3) is 0 Å². The Balaban J connectivity index is 0.00000363. The van der Waals surface area contributed by atoms with Crippen molar-refractivity contribution in [2.24, 2.45) is 4.99 Å². The van der Waals surface area contributed by atoms with E-state index in [1.807, 2.05) is 6.07 Å². The predicted molar refractivity (Wildman–Crippen MR) is 144 cm³/mol. The Labute approximate surface area is 211 Å². The minimum Gasteiger partial charge on any atom is -0.493 e. The fraction of sp³-hybridized carbons (Fsp3) is 0.720. The Morgan fingerprint density at radius 1 is 1.06 bits per heavy atom. The molecule has 0 aromatic heterocycles. The fourth-order valence-electron chi connectivity index (χ4n) is 4.82. The molecule has 2 aliphatic rings. The van der Waals surface area contributed by atoms with Gasteiger partial charge in [-0.2, -0.15) is 0 Å². The monoisotopic (exact) mass is 558 g/mol. The van der Waals surface area contributed by atoms with Crippen LogP contribution < -0.4 is 20.1 Å². The minimum atomic E-state index is -0.117. The van der Waals surface area contributed by atoms with Gasteiger partial charge in [-0.15, -0.1) is 24.0 Å². The highest BCUT2D eigenvalue weighted by molar-refractivity contribution is 14.0. The predicted octanol–water partition coefficient (Wildman–Crippen LogP) is 4.56. The quantitative estimate of drug-likeness (QED) is 0.279. The molecule has 0 spiro atoms. The van der Waals surface area contributed by atoms with Crippen LogP contribution in [0.3, 0.4) is 0 Å². The SMILES string of the molecule is CCNC(=NCC(C)(C)c1ccc(OC)c(OC)c1)NC1CCN(C2CCCC2)CC1.I. The maximum Gasteiger partial charge on any atom is 0.191 e. The first kappa shape index (κ1) is 27.0. The van der Waals surface area contributed by atoms with Crippen LogP contribution in [0.1, 0.15) is 64.9 Å². The molecule has 0 radical (unpaired) electrons. The lowest BCUT2D eigenvalue weighted by Gasteiger charge is -2.36. The molecule has 1 aromatic carbocycles. The van der Waals surface area contributed by atoms with E-state index in [4.69, 9.17) is 14.5 Å². The van der Waals surface area contributed by atoms with Gasteiger partial charge in [0.15, 0.2) is 17.5 Å². The lowest BCUT2D eigenvalue weighted by molar-refractivity contribution is 0.150. The Bertz CT molecular complexity index is 727. The summed E-state index contributed by atoms with van der Waals surface area (Å²) < 4.78 is 10.9. The normalized spacial score (nSPS) is 18.8. The first-order valence-corrected chi connectivity index (χ1v) is 12.0. The molecule has 1 aliphatic carbocycles. The number of guanidine groups is 1. The number of halogens is 1. The molecule has 3 rings (SSSR count). The van der Waals surface area contributed by atoms with Crippen molar-refractivity contribution in [3.05, 3.63) is 23.8 Å². The average molecular weight is 559 g/mol. The summed E-state index contributed by atoms with van der Waals surface area (Å²) in [6, 6.07) is 7.48. The average Bonchev–Trinajstić information content (AvgIpc) is 3.32. The van der Waals surface area contributed by atoms with E-state index in [0.717, 1.165) is 30.0 Å². The van der Waals surface area contributed by atoms with Gasteiger partial charge in [0.2, 0.25) is 0 Å². The molecule has 182 valence electrons. The fourth-order valence-corrected chi connectivity index (χ4v) is 4.82. The molecule has 1 heterocycles. The standard InChI is InChI=1S/C25H42N4O2.HI/c1-6-26-24(28-20-13-15-29(16-14-20)21-9-7-8-10-21)27-18-25(2,3)19-11-12-22(30-4)23(17-19)31-5;/h11-12,17,20-21H,6-10,13-16,18H2,1-5H3,(H2,26,27,28);1H. The molecule has 0 bridgehead atoms. The topological polar surface area (TPSA) is 58.1 Å². The molecule has 0 unspecified atom stereocenters. The number of hydrogen-bond donors (Lipinski definition) is 2. The van der Waals surface area contributed by atoms with Crippen molar-refractivity contribution in [3.8, 4) is 11.5 Å². The largest absolute Gasteiger partial charge is 0.493 e. The molecule has 1 saturated carbocycles. The van der Waals surface area contributed by atoms with E-state index in [-0.39, 0.29) is 29.4 Å². The number of rotatable bonds is 8. The Hall–Kier alpha value is -1.22. The van der Waals surface area contributed by atoms with E-state index in [0.29, 0.717) is 12.6 Å². The summed E-state index contributed by atoms with van der Waals surface area (Å²) in [7, 11) is 3.34. The maximum atomic E-state index is 5.49. The van der Waals surface area contributed by atoms with E-state index >= 15 is 0 Å². The molecule has 0 atom stereocenters. The second-order valence-corrected chi connectivity index (χ2v) is 9.54. The highest BCUT2D eigenvalue weighted by Gasteiger charge is 2.28. The number of benzene rings is 1. The lowest BCUT2D eigenvalue weighted by atomic mass is 9.84. The van der Waals surface area contributed by atoms with Crippen molar-refractivity contribution in [2.45, 2.75) is 76.8 Å². The maximum absolute atomic E-state index is 5.49. The summed E-state index contributed by atoms with van der Waals surface area (Å²) in [6.07, 6.45) is 8.01. The first-order chi connectivity index (χ1) is 15.0. The van der Waals surface area contributed by atoms with Gasteiger partial charge < -0.3 is 25.0 Å². The van der Waals surface area contributed by atoms with Crippen LogP contribution in [0.4, 0.5) is 0 Å². The van der Waals surface area contributed by atoms with E-state index in [1.54, 1.807) is 14.2 Å². The summed E-state index contributed by atoms with van der Waals surface area (Å²) in [6.45, 7) is 10.5. The number of ether oxygens (including phenoxy) is 2. The molecule has 1 aliphatic heterocycles. The molecule has 6 nitrogen and oxygen atoms in total. The van der Waals surface area contributed by atoms with Gasteiger partial charge in [0, 0.05) is 37.1 Å². The van der Waals surface area contributed by atoms with Gasteiger partial charge in [-0.25, -0.2) is 0 Å². The summed E-state index contributed by atoms with van der Waals surface area (Å²) in [5.74, 6) is 2.44. The number of likely N-dealkylation sites (tertiary alicyclic amines) is 1. The molecule has 0 amide bonds. The van der Waals surface area contributed by atoms with Crippen molar-refractivity contribution >= 4 is 29.9 Å². The zero-order chi connectivity index (χ0) is 22.3. The van der Waals surface area contributed by atoms with Crippen molar-refractivity contribution in [1.82, 2.24) is 15.5 Å². The van der Waals surface area contributed by atoms with E-state index in [9.17, 15) is 0 Å². The van der Waals surface area contributed by atoms with E-state index in [1.165, 1.54) is 57.2 Å². The Morgan fingerprint density at radius 2 is 1.72 bits per heavy atom. The Kier molecular flexibility index (Phi) is 10.9. The number of methoxy groups -OCH3 is 2. The van der Waals surface area contributed by atoms with E-state index in [2.05, 4.69) is 48.4 Å². The number of hydrogen-bond acceptors (Lipinski definition) is 4. The molecule has 32 heavy (non-hydrogen) atoms. The van der Waals surface area contributed by atoms with Crippen LogP contribution >= 0.6 is 24.0 Å². The first-order valence-electron chi connectivity index (χ1n) is 12.0. The number of nitrogens with zero attached hydrogens (tertiary/aromatic N) is 2. The number of nitrogens with one attached hydrogen (secondary N) is 2.